The van der Waals surface area contributed by atoms with E-state index in [1.54, 1.807) is 11.0 Å². The van der Waals surface area contributed by atoms with Crippen LogP contribution in [0.2, 0.25) is 0 Å². The largest absolute Gasteiger partial charge is 0.307 e. The van der Waals surface area contributed by atoms with Crippen LogP contribution in [0, 0.1) is 11.3 Å². The molecule has 4 heteroatoms. The van der Waals surface area contributed by atoms with Crippen molar-refractivity contribution in [1.82, 2.24) is 0 Å². The Balaban J connectivity index is 2.06. The van der Waals surface area contributed by atoms with Gasteiger partial charge in [-0.25, -0.2) is 0 Å². The van der Waals surface area contributed by atoms with E-state index in [0.29, 0.717) is 17.8 Å². The molecule has 98 valence electrons. The second-order valence-electron chi connectivity index (χ2n) is 4.64. The van der Waals surface area contributed by atoms with E-state index in [1.165, 1.54) is 0 Å². The van der Waals surface area contributed by atoms with Crippen LogP contribution in [0.25, 0.3) is 0 Å². The Bertz CT molecular complexity index is 733. The number of rotatable bonds is 1. The van der Waals surface area contributed by atoms with E-state index in [0.717, 1.165) is 22.0 Å². The fraction of sp³-hybridized carbons (Fsp3) is 0.125. The summed E-state index contributed by atoms with van der Waals surface area (Å²) >= 11 is 3.35. The average Bonchev–Trinajstić information content (AvgIpc) is 2.48. The van der Waals surface area contributed by atoms with Crippen LogP contribution in [0.15, 0.2) is 46.9 Å². The van der Waals surface area contributed by atoms with Crippen molar-refractivity contribution in [3.63, 3.8) is 0 Å². The molecule has 3 rings (SSSR count). The van der Waals surface area contributed by atoms with Crippen LogP contribution >= 0.6 is 15.9 Å². The lowest BCUT2D eigenvalue weighted by Gasteiger charge is -2.29. The highest BCUT2D eigenvalue weighted by Gasteiger charge is 2.26. The van der Waals surface area contributed by atoms with Gasteiger partial charge in [0.1, 0.15) is 6.07 Å². The maximum absolute atomic E-state index is 12.6. The third-order valence-corrected chi connectivity index (χ3v) is 3.96. The Morgan fingerprint density at radius 1 is 1.20 bits per heavy atom. The summed E-state index contributed by atoms with van der Waals surface area (Å²) < 4.78 is 0.836. The van der Waals surface area contributed by atoms with Crippen LogP contribution in [-0.2, 0) is 6.42 Å². The summed E-state index contributed by atoms with van der Waals surface area (Å²) in [5.74, 6) is -0.0364. The molecule has 0 saturated heterocycles. The van der Waals surface area contributed by atoms with E-state index in [4.69, 9.17) is 0 Å². The first-order valence-electron chi connectivity index (χ1n) is 6.30. The van der Waals surface area contributed by atoms with Gasteiger partial charge in [-0.15, -0.1) is 0 Å². The predicted octanol–water partition coefficient (Wildman–Crippen LogP) is 3.52. The third-order valence-electron chi connectivity index (χ3n) is 3.47. The predicted molar refractivity (Wildman–Crippen MR) is 80.7 cm³/mol. The normalized spacial score (nSPS) is 13.8. The molecule has 1 aliphatic rings. The number of hydrogen-bond donors (Lipinski definition) is 0. The second kappa shape index (κ2) is 5.10. The standard InChI is InChI=1S/C16H11BrN2O/c17-13-5-6-15(12(9-13)10-18)19-8-7-11-3-1-2-4-14(11)16(19)20/h1-6,9H,7-8H2. The molecular weight excluding hydrogens is 316 g/mol. The number of hydrogen-bond acceptors (Lipinski definition) is 2. The van der Waals surface area contributed by atoms with Gasteiger partial charge in [0.2, 0.25) is 0 Å². The monoisotopic (exact) mass is 326 g/mol. The van der Waals surface area contributed by atoms with Gasteiger partial charge in [-0.1, -0.05) is 34.1 Å². The summed E-state index contributed by atoms with van der Waals surface area (Å²) in [5, 5.41) is 9.25. The molecule has 2 aromatic carbocycles. The molecule has 0 aromatic heterocycles. The molecule has 0 fully saturated rings. The summed E-state index contributed by atoms with van der Waals surface area (Å²) in [6.07, 6.45) is 0.808. The minimum absolute atomic E-state index is 0.0364. The van der Waals surface area contributed by atoms with Crippen LogP contribution in [-0.4, -0.2) is 12.5 Å². The number of benzene rings is 2. The summed E-state index contributed by atoms with van der Waals surface area (Å²) in [6.45, 7) is 0.603. The first-order valence-corrected chi connectivity index (χ1v) is 7.09. The van der Waals surface area contributed by atoms with Crippen molar-refractivity contribution in [3.05, 3.63) is 63.6 Å². The fourth-order valence-electron chi connectivity index (χ4n) is 2.49. The van der Waals surface area contributed by atoms with Crippen molar-refractivity contribution in [3.8, 4) is 6.07 Å². The van der Waals surface area contributed by atoms with Crippen molar-refractivity contribution in [2.45, 2.75) is 6.42 Å². The molecule has 0 radical (unpaired) electrons. The van der Waals surface area contributed by atoms with Gasteiger partial charge in [-0.05, 0) is 36.2 Å². The number of amides is 1. The maximum atomic E-state index is 12.6. The highest BCUT2D eigenvalue weighted by Crippen LogP contribution is 2.28. The molecule has 3 nitrogen and oxygen atoms in total. The van der Waals surface area contributed by atoms with Gasteiger partial charge in [0.15, 0.2) is 0 Å². The Kier molecular flexibility index (Phi) is 3.29. The van der Waals surface area contributed by atoms with Crippen molar-refractivity contribution in [2.75, 3.05) is 11.4 Å². The van der Waals surface area contributed by atoms with Crippen LogP contribution < -0.4 is 4.90 Å². The van der Waals surface area contributed by atoms with E-state index < -0.39 is 0 Å². The number of nitrogens with zero attached hydrogens (tertiary/aromatic N) is 2. The summed E-state index contributed by atoms with van der Waals surface area (Å²) in [7, 11) is 0. The fourth-order valence-corrected chi connectivity index (χ4v) is 2.85. The number of anilines is 1. The zero-order valence-electron chi connectivity index (χ0n) is 10.6. The molecule has 20 heavy (non-hydrogen) atoms. The molecule has 0 atom stereocenters. The lowest BCUT2D eigenvalue weighted by Crippen LogP contribution is -2.38. The van der Waals surface area contributed by atoms with Crippen molar-refractivity contribution in [2.24, 2.45) is 0 Å². The summed E-state index contributed by atoms with van der Waals surface area (Å²) in [4.78, 5) is 14.3. The molecule has 0 N–H and O–H groups in total. The van der Waals surface area contributed by atoms with Gasteiger partial charge in [-0.2, -0.15) is 5.26 Å². The van der Waals surface area contributed by atoms with E-state index in [9.17, 15) is 10.1 Å². The van der Waals surface area contributed by atoms with Gasteiger partial charge in [0.05, 0.1) is 11.3 Å². The quantitative estimate of drug-likeness (QED) is 0.804. The molecule has 0 saturated carbocycles. The molecule has 1 heterocycles. The number of nitriles is 1. The number of carbonyl (C=O) groups is 1. The topological polar surface area (TPSA) is 44.1 Å². The van der Waals surface area contributed by atoms with E-state index in [1.807, 2.05) is 36.4 Å². The van der Waals surface area contributed by atoms with E-state index in [2.05, 4.69) is 22.0 Å². The molecule has 2 aromatic rings. The number of fused-ring (bicyclic) bond motifs is 1. The van der Waals surface area contributed by atoms with Crippen molar-refractivity contribution < 1.29 is 4.79 Å². The number of halogens is 1. The minimum atomic E-state index is -0.0364. The lowest BCUT2D eigenvalue weighted by molar-refractivity contribution is 0.0980. The zero-order chi connectivity index (χ0) is 14.1. The Labute approximate surface area is 125 Å². The molecular formula is C16H11BrN2O. The highest BCUT2D eigenvalue weighted by molar-refractivity contribution is 9.10. The summed E-state index contributed by atoms with van der Waals surface area (Å²) in [5.41, 5.74) is 2.98. The van der Waals surface area contributed by atoms with Gasteiger partial charge in [-0.3, -0.25) is 4.79 Å². The Hall–Kier alpha value is -2.12. The number of carbonyl (C=O) groups excluding carboxylic acids is 1. The van der Waals surface area contributed by atoms with E-state index >= 15 is 0 Å². The van der Waals surface area contributed by atoms with Crippen LogP contribution in [0.1, 0.15) is 21.5 Å². The first-order chi connectivity index (χ1) is 9.70. The molecule has 0 spiro atoms. The van der Waals surface area contributed by atoms with Crippen molar-refractivity contribution >= 4 is 27.5 Å². The highest BCUT2D eigenvalue weighted by atomic mass is 79.9. The molecule has 1 aliphatic heterocycles. The maximum Gasteiger partial charge on any atom is 0.258 e. The van der Waals surface area contributed by atoms with Crippen LogP contribution in [0.4, 0.5) is 5.69 Å². The molecule has 1 amide bonds. The van der Waals surface area contributed by atoms with Crippen LogP contribution in [0.5, 0.6) is 0 Å². The third kappa shape index (κ3) is 2.10. The SMILES string of the molecule is N#Cc1cc(Br)ccc1N1CCc2ccccc2C1=O. The molecule has 0 aliphatic carbocycles. The van der Waals surface area contributed by atoms with E-state index in [-0.39, 0.29) is 5.91 Å². The Morgan fingerprint density at radius 3 is 2.80 bits per heavy atom. The van der Waals surface area contributed by atoms with Crippen molar-refractivity contribution in [1.29, 1.82) is 5.26 Å². The van der Waals surface area contributed by atoms with Gasteiger partial charge in [0.25, 0.3) is 5.91 Å². The summed E-state index contributed by atoms with van der Waals surface area (Å²) in [6, 6.07) is 15.2. The first kappa shape index (κ1) is 12.9. The minimum Gasteiger partial charge on any atom is -0.307 e. The zero-order valence-corrected chi connectivity index (χ0v) is 12.2. The smallest absolute Gasteiger partial charge is 0.258 e. The second-order valence-corrected chi connectivity index (χ2v) is 5.55. The van der Waals surface area contributed by atoms with Gasteiger partial charge < -0.3 is 4.90 Å². The lowest BCUT2D eigenvalue weighted by atomic mass is 9.98. The molecule has 0 bridgehead atoms. The Morgan fingerprint density at radius 2 is 2.00 bits per heavy atom. The average molecular weight is 327 g/mol. The molecule has 0 unspecified atom stereocenters. The van der Waals surface area contributed by atoms with Crippen LogP contribution in [0.3, 0.4) is 0 Å². The van der Waals surface area contributed by atoms with Gasteiger partial charge >= 0.3 is 0 Å². The van der Waals surface area contributed by atoms with Gasteiger partial charge in [0, 0.05) is 16.6 Å².